The van der Waals surface area contributed by atoms with Crippen molar-refractivity contribution in [1.82, 2.24) is 9.88 Å². The quantitative estimate of drug-likeness (QED) is 0.295. The summed E-state index contributed by atoms with van der Waals surface area (Å²) in [6.45, 7) is 1.22. The highest BCUT2D eigenvalue weighted by Crippen LogP contribution is 2.45. The smallest absolute Gasteiger partial charge is 0.340 e. The van der Waals surface area contributed by atoms with Gasteiger partial charge < -0.3 is 10.1 Å². The molecule has 3 heterocycles. The van der Waals surface area contributed by atoms with Crippen molar-refractivity contribution in [2.75, 3.05) is 13.1 Å². The van der Waals surface area contributed by atoms with E-state index < -0.39 is 40.5 Å². The normalized spacial score (nSPS) is 16.1. The zero-order valence-electron chi connectivity index (χ0n) is 19.3. The summed E-state index contributed by atoms with van der Waals surface area (Å²) in [5.41, 5.74) is -0.924. The van der Waals surface area contributed by atoms with Crippen LogP contribution in [0.15, 0.2) is 60.8 Å². The van der Waals surface area contributed by atoms with Gasteiger partial charge in [-0.2, -0.15) is 0 Å². The maximum atomic E-state index is 15.3. The fraction of sp³-hybridized carbons (Fsp3) is 0.179. The number of nitrogens with zero attached hydrogens (tertiary/aromatic N) is 1. The average molecular weight is 521 g/mol. The van der Waals surface area contributed by atoms with Crippen LogP contribution in [0.25, 0.3) is 10.9 Å². The van der Waals surface area contributed by atoms with E-state index in [1.807, 2.05) is 0 Å². The molecule has 0 unspecified atom stereocenters. The second-order valence-electron chi connectivity index (χ2n) is 9.17. The van der Waals surface area contributed by atoms with Crippen molar-refractivity contribution >= 4 is 40.2 Å². The summed E-state index contributed by atoms with van der Waals surface area (Å²) in [5.74, 6) is -3.87. The van der Waals surface area contributed by atoms with Gasteiger partial charge in [0.05, 0.1) is 22.2 Å². The molecule has 1 saturated heterocycles. The molecule has 6 nitrogen and oxygen atoms in total. The van der Waals surface area contributed by atoms with Gasteiger partial charge in [0, 0.05) is 40.6 Å². The van der Waals surface area contributed by atoms with E-state index in [1.165, 1.54) is 54.7 Å². The van der Waals surface area contributed by atoms with Gasteiger partial charge in [0.1, 0.15) is 17.2 Å². The molecule has 4 aromatic rings. The maximum Gasteiger partial charge on any atom is 0.340 e. The predicted molar refractivity (Wildman–Crippen MR) is 132 cm³/mol. The molecule has 0 amide bonds. The van der Waals surface area contributed by atoms with Gasteiger partial charge in [0.2, 0.25) is 0 Å². The number of ketones is 1. The Bertz CT molecular complexity index is 1640. The van der Waals surface area contributed by atoms with Gasteiger partial charge in [-0.3, -0.25) is 14.2 Å². The third kappa shape index (κ3) is 3.59. The molecule has 186 valence electrons. The summed E-state index contributed by atoms with van der Waals surface area (Å²) >= 11 is 6.17. The number of hydrogen-bond donors (Lipinski definition) is 1. The molecule has 2 aliphatic heterocycles. The lowest BCUT2D eigenvalue weighted by molar-refractivity contribution is -0.0242. The number of fused-ring (bicyclic) bond motifs is 3. The Morgan fingerprint density at radius 1 is 0.973 bits per heavy atom. The van der Waals surface area contributed by atoms with Crippen LogP contribution in [0.1, 0.15) is 55.0 Å². The van der Waals surface area contributed by atoms with E-state index >= 15 is 4.39 Å². The second-order valence-corrected chi connectivity index (χ2v) is 9.60. The standard InChI is InChI=1S/C28H19ClF2N2O4/c29-15-5-6-16-18(14-33(22(16)13-15)26(35)17-3-1-2-4-20(17)30)25(34)24-21(31)8-7-19-23(24)27(36)37-28(19)9-11-32-12-10-28/h1-8,13-14,32H,9-12H2. The van der Waals surface area contributed by atoms with Crippen LogP contribution < -0.4 is 5.32 Å². The highest BCUT2D eigenvalue weighted by atomic mass is 35.5. The zero-order valence-corrected chi connectivity index (χ0v) is 20.1. The predicted octanol–water partition coefficient (Wildman–Crippen LogP) is 5.24. The summed E-state index contributed by atoms with van der Waals surface area (Å²) in [6.07, 6.45) is 2.23. The Kier molecular flexibility index (Phi) is 5.47. The van der Waals surface area contributed by atoms with Gasteiger partial charge >= 0.3 is 5.97 Å². The van der Waals surface area contributed by atoms with Gasteiger partial charge in [-0.15, -0.1) is 0 Å². The molecule has 2 aliphatic rings. The molecule has 0 bridgehead atoms. The Hall–Kier alpha value is -3.88. The fourth-order valence-corrected chi connectivity index (χ4v) is 5.49. The molecule has 37 heavy (non-hydrogen) atoms. The lowest BCUT2D eigenvalue weighted by Crippen LogP contribution is -2.40. The average Bonchev–Trinajstić information content (AvgIpc) is 3.39. The Balaban J connectivity index is 1.54. The highest BCUT2D eigenvalue weighted by Gasteiger charge is 2.48. The first-order valence-electron chi connectivity index (χ1n) is 11.7. The van der Waals surface area contributed by atoms with E-state index in [0.717, 1.165) is 10.6 Å². The van der Waals surface area contributed by atoms with Crippen LogP contribution in [-0.4, -0.2) is 35.3 Å². The number of carbonyl (C=O) groups is 3. The molecule has 0 radical (unpaired) electrons. The molecule has 1 fully saturated rings. The number of ether oxygens (including phenoxy) is 1. The van der Waals surface area contributed by atoms with Crippen molar-refractivity contribution in [2.24, 2.45) is 0 Å². The van der Waals surface area contributed by atoms with Crippen molar-refractivity contribution in [3.8, 4) is 0 Å². The number of nitrogens with one attached hydrogen (secondary N) is 1. The summed E-state index contributed by atoms with van der Waals surface area (Å²) in [6, 6.07) is 12.7. The minimum absolute atomic E-state index is 0.0253. The largest absolute Gasteiger partial charge is 0.450 e. The van der Waals surface area contributed by atoms with Crippen LogP contribution in [0.2, 0.25) is 5.02 Å². The van der Waals surface area contributed by atoms with Gasteiger partial charge in [-0.25, -0.2) is 13.6 Å². The topological polar surface area (TPSA) is 77.4 Å². The van der Waals surface area contributed by atoms with Gasteiger partial charge in [-0.05, 0) is 43.4 Å². The number of esters is 1. The monoisotopic (exact) mass is 520 g/mol. The molecule has 0 aliphatic carbocycles. The Labute approximate surface area is 214 Å². The number of halogens is 3. The highest BCUT2D eigenvalue weighted by molar-refractivity contribution is 6.32. The second kappa shape index (κ2) is 8.61. The minimum atomic E-state index is -0.914. The summed E-state index contributed by atoms with van der Waals surface area (Å²) in [5, 5.41) is 3.80. The van der Waals surface area contributed by atoms with Crippen LogP contribution in [-0.2, 0) is 10.3 Å². The number of rotatable bonds is 3. The van der Waals surface area contributed by atoms with Gasteiger partial charge in [0.15, 0.2) is 5.78 Å². The number of carbonyl (C=O) groups excluding carboxylic acids is 3. The van der Waals surface area contributed by atoms with E-state index in [1.54, 1.807) is 0 Å². The van der Waals surface area contributed by atoms with Gasteiger partial charge in [-0.1, -0.05) is 35.9 Å². The molecular weight excluding hydrogens is 502 g/mol. The first kappa shape index (κ1) is 23.5. The molecule has 1 spiro atoms. The Morgan fingerprint density at radius 3 is 2.49 bits per heavy atom. The third-order valence-corrected chi connectivity index (χ3v) is 7.35. The van der Waals surface area contributed by atoms with Crippen LogP contribution in [0.5, 0.6) is 0 Å². The van der Waals surface area contributed by atoms with E-state index in [2.05, 4.69) is 5.32 Å². The minimum Gasteiger partial charge on any atom is -0.450 e. The first-order chi connectivity index (χ1) is 17.8. The molecular formula is C28H19ClF2N2O4. The lowest BCUT2D eigenvalue weighted by Gasteiger charge is -2.33. The molecule has 6 rings (SSSR count). The maximum absolute atomic E-state index is 15.3. The third-order valence-electron chi connectivity index (χ3n) is 7.11. The van der Waals surface area contributed by atoms with Crippen molar-refractivity contribution < 1.29 is 27.9 Å². The molecule has 0 atom stereocenters. The van der Waals surface area contributed by atoms with Crippen LogP contribution in [0, 0.1) is 11.6 Å². The van der Waals surface area contributed by atoms with E-state index in [4.69, 9.17) is 16.3 Å². The van der Waals surface area contributed by atoms with Crippen molar-refractivity contribution in [1.29, 1.82) is 0 Å². The number of hydrogen-bond acceptors (Lipinski definition) is 5. The molecule has 3 aromatic carbocycles. The Morgan fingerprint density at radius 2 is 1.73 bits per heavy atom. The van der Waals surface area contributed by atoms with Crippen LogP contribution in [0.3, 0.4) is 0 Å². The number of aromatic nitrogens is 1. The lowest BCUT2D eigenvalue weighted by atomic mass is 9.82. The van der Waals surface area contributed by atoms with Crippen LogP contribution in [0.4, 0.5) is 8.78 Å². The molecule has 9 heteroatoms. The van der Waals surface area contributed by atoms with E-state index in [9.17, 15) is 18.8 Å². The van der Waals surface area contributed by atoms with Crippen molar-refractivity contribution in [2.45, 2.75) is 18.4 Å². The number of piperidine rings is 1. The summed E-state index contributed by atoms with van der Waals surface area (Å²) in [4.78, 5) is 40.2. The molecule has 1 N–H and O–H groups in total. The van der Waals surface area contributed by atoms with Crippen molar-refractivity contribution in [3.63, 3.8) is 0 Å². The SMILES string of the molecule is O=C1OC2(CCNCC2)c2ccc(F)c(C(=O)c3cn(C(=O)c4ccccc4F)c4cc(Cl)ccc34)c21. The first-order valence-corrected chi connectivity index (χ1v) is 12.1. The van der Waals surface area contributed by atoms with E-state index in [-0.39, 0.29) is 27.2 Å². The zero-order chi connectivity index (χ0) is 25.9. The summed E-state index contributed by atoms with van der Waals surface area (Å²) in [7, 11) is 0. The fourth-order valence-electron chi connectivity index (χ4n) is 5.32. The molecule has 0 saturated carbocycles. The summed E-state index contributed by atoms with van der Waals surface area (Å²) < 4.78 is 36.5. The van der Waals surface area contributed by atoms with Gasteiger partial charge in [0.25, 0.3) is 5.91 Å². The van der Waals surface area contributed by atoms with Crippen molar-refractivity contribution in [3.05, 3.63) is 105 Å². The van der Waals surface area contributed by atoms with Crippen LogP contribution >= 0.6 is 11.6 Å². The molecule has 1 aromatic heterocycles. The number of benzene rings is 3. The van der Waals surface area contributed by atoms with E-state index in [0.29, 0.717) is 36.9 Å².